The van der Waals surface area contributed by atoms with Gasteiger partial charge in [0.05, 0.1) is 0 Å². The van der Waals surface area contributed by atoms with Crippen LogP contribution in [0.25, 0.3) is 0 Å². The average Bonchev–Trinajstić information content (AvgIpc) is 2.17. The molecular formula is C12H25ClN2O. The monoisotopic (exact) mass is 248 g/mol. The molecule has 0 aromatic heterocycles. The van der Waals surface area contributed by atoms with E-state index >= 15 is 0 Å². The van der Waals surface area contributed by atoms with E-state index in [1.165, 1.54) is 0 Å². The lowest BCUT2D eigenvalue weighted by Crippen LogP contribution is -2.45. The second kappa shape index (κ2) is 6.45. The van der Waals surface area contributed by atoms with Crippen molar-refractivity contribution < 1.29 is 4.79 Å². The summed E-state index contributed by atoms with van der Waals surface area (Å²) >= 11 is 0. The number of nitrogens with one attached hydrogen (secondary N) is 1. The third kappa shape index (κ3) is 4.30. The van der Waals surface area contributed by atoms with Gasteiger partial charge in [0.15, 0.2) is 0 Å². The Bertz CT molecular complexity index is 218. The second-order valence-corrected chi connectivity index (χ2v) is 5.54. The molecule has 1 aliphatic rings. The Kier molecular flexibility index (Phi) is 6.34. The van der Waals surface area contributed by atoms with Gasteiger partial charge in [-0.05, 0) is 32.4 Å². The Morgan fingerprint density at radius 1 is 1.31 bits per heavy atom. The minimum absolute atomic E-state index is 0. The summed E-state index contributed by atoms with van der Waals surface area (Å²) in [6, 6.07) is 0. The van der Waals surface area contributed by atoms with Gasteiger partial charge < -0.3 is 10.2 Å². The first kappa shape index (κ1) is 15.7. The predicted octanol–water partition coefficient (Wildman–Crippen LogP) is 1.91. The molecule has 0 aromatic rings. The third-order valence-corrected chi connectivity index (χ3v) is 3.04. The number of rotatable bonds is 2. The predicted molar refractivity (Wildman–Crippen MR) is 69.9 cm³/mol. The summed E-state index contributed by atoms with van der Waals surface area (Å²) in [5.74, 6) is 1.05. The third-order valence-electron chi connectivity index (χ3n) is 3.04. The van der Waals surface area contributed by atoms with Crippen LogP contribution < -0.4 is 5.32 Å². The van der Waals surface area contributed by atoms with E-state index in [9.17, 15) is 4.79 Å². The molecule has 0 saturated carbocycles. The zero-order valence-corrected chi connectivity index (χ0v) is 11.7. The molecule has 3 nitrogen and oxygen atoms in total. The van der Waals surface area contributed by atoms with E-state index < -0.39 is 0 Å². The van der Waals surface area contributed by atoms with Gasteiger partial charge in [0.25, 0.3) is 0 Å². The number of likely N-dealkylation sites (tertiary alicyclic amines) is 1. The molecule has 1 rings (SSSR count). The molecule has 1 aliphatic heterocycles. The van der Waals surface area contributed by atoms with Gasteiger partial charge in [-0.25, -0.2) is 0 Å². The van der Waals surface area contributed by atoms with Gasteiger partial charge in [-0.15, -0.1) is 12.4 Å². The maximum Gasteiger partial charge on any atom is 0.227 e. The molecule has 1 fully saturated rings. The number of carbonyl (C=O) groups excluding carboxylic acids is 1. The maximum absolute atomic E-state index is 12.0. The lowest BCUT2D eigenvalue weighted by Gasteiger charge is -2.35. The molecule has 0 spiro atoms. The summed E-state index contributed by atoms with van der Waals surface area (Å²) in [5, 5.41) is 3.21. The second-order valence-electron chi connectivity index (χ2n) is 5.54. The lowest BCUT2D eigenvalue weighted by molar-refractivity contribution is -0.140. The maximum atomic E-state index is 12.0. The molecule has 1 heterocycles. The topological polar surface area (TPSA) is 32.3 Å². The zero-order chi connectivity index (χ0) is 11.5. The van der Waals surface area contributed by atoms with Crippen molar-refractivity contribution in [3.05, 3.63) is 0 Å². The van der Waals surface area contributed by atoms with Crippen molar-refractivity contribution in [2.75, 3.05) is 26.7 Å². The smallest absolute Gasteiger partial charge is 0.227 e. The average molecular weight is 249 g/mol. The van der Waals surface area contributed by atoms with Crippen LogP contribution in [0.15, 0.2) is 0 Å². The van der Waals surface area contributed by atoms with Crippen LogP contribution in [0.4, 0.5) is 0 Å². The molecule has 0 atom stereocenters. The molecule has 0 aromatic carbocycles. The van der Waals surface area contributed by atoms with E-state index in [4.69, 9.17) is 0 Å². The highest BCUT2D eigenvalue weighted by atomic mass is 35.5. The highest BCUT2D eigenvalue weighted by molar-refractivity contribution is 5.85. The molecular weight excluding hydrogens is 224 g/mol. The van der Waals surface area contributed by atoms with Crippen LogP contribution in [-0.4, -0.2) is 37.5 Å². The molecule has 1 saturated heterocycles. The standard InChI is InChI=1S/C12H24N2O.ClH/c1-12(2,3)11(15)14-7-5-10(6-8-14)9-13-4;/h10,13H,5-9H2,1-4H3;1H. The van der Waals surface area contributed by atoms with Gasteiger partial charge in [-0.3, -0.25) is 4.79 Å². The first-order valence-corrected chi connectivity index (χ1v) is 5.89. The van der Waals surface area contributed by atoms with Crippen molar-refractivity contribution in [2.24, 2.45) is 11.3 Å². The van der Waals surface area contributed by atoms with E-state index in [0.29, 0.717) is 5.91 Å². The van der Waals surface area contributed by atoms with Crippen molar-refractivity contribution in [3.8, 4) is 0 Å². The van der Waals surface area contributed by atoms with Gasteiger partial charge >= 0.3 is 0 Å². The summed E-state index contributed by atoms with van der Waals surface area (Å²) in [6.07, 6.45) is 2.28. The van der Waals surface area contributed by atoms with Gasteiger partial charge in [0, 0.05) is 18.5 Å². The number of piperidine rings is 1. The van der Waals surface area contributed by atoms with Crippen LogP contribution in [0.2, 0.25) is 0 Å². The first-order valence-electron chi connectivity index (χ1n) is 5.89. The minimum atomic E-state index is -0.226. The van der Waals surface area contributed by atoms with Gasteiger partial charge in [-0.2, -0.15) is 0 Å². The van der Waals surface area contributed by atoms with Crippen LogP contribution in [0.1, 0.15) is 33.6 Å². The highest BCUT2D eigenvalue weighted by Gasteiger charge is 2.29. The van der Waals surface area contributed by atoms with Crippen molar-refractivity contribution in [1.29, 1.82) is 0 Å². The number of halogens is 1. The molecule has 1 N–H and O–H groups in total. The fraction of sp³-hybridized carbons (Fsp3) is 0.917. The van der Waals surface area contributed by atoms with E-state index in [1.54, 1.807) is 0 Å². The van der Waals surface area contributed by atoms with Crippen molar-refractivity contribution in [2.45, 2.75) is 33.6 Å². The normalized spacial score (nSPS) is 18.1. The first-order chi connectivity index (χ1) is 6.95. The Hall–Kier alpha value is -0.280. The SMILES string of the molecule is CNCC1CCN(C(=O)C(C)(C)C)CC1.Cl. The number of hydrogen-bond acceptors (Lipinski definition) is 2. The van der Waals surface area contributed by atoms with E-state index in [0.717, 1.165) is 38.4 Å². The van der Waals surface area contributed by atoms with Gasteiger partial charge in [-0.1, -0.05) is 20.8 Å². The Morgan fingerprint density at radius 3 is 2.19 bits per heavy atom. The summed E-state index contributed by atoms with van der Waals surface area (Å²) in [5.41, 5.74) is -0.226. The quantitative estimate of drug-likeness (QED) is 0.810. The van der Waals surface area contributed by atoms with Crippen molar-refractivity contribution >= 4 is 18.3 Å². The fourth-order valence-corrected chi connectivity index (χ4v) is 2.10. The zero-order valence-electron chi connectivity index (χ0n) is 10.9. The molecule has 0 radical (unpaired) electrons. The number of nitrogens with zero attached hydrogens (tertiary/aromatic N) is 1. The van der Waals surface area contributed by atoms with Crippen molar-refractivity contribution in [1.82, 2.24) is 10.2 Å². The van der Waals surface area contributed by atoms with Crippen LogP contribution >= 0.6 is 12.4 Å². The van der Waals surface area contributed by atoms with Crippen molar-refractivity contribution in [3.63, 3.8) is 0 Å². The summed E-state index contributed by atoms with van der Waals surface area (Å²) in [6.45, 7) is 8.93. The molecule has 1 amide bonds. The van der Waals surface area contributed by atoms with Crippen LogP contribution in [0.5, 0.6) is 0 Å². The fourth-order valence-electron chi connectivity index (χ4n) is 2.10. The Labute approximate surface area is 105 Å². The van der Waals surface area contributed by atoms with E-state index in [-0.39, 0.29) is 17.8 Å². The van der Waals surface area contributed by atoms with Gasteiger partial charge in [0.2, 0.25) is 5.91 Å². The molecule has 96 valence electrons. The molecule has 0 unspecified atom stereocenters. The van der Waals surface area contributed by atoms with Crippen LogP contribution in [0.3, 0.4) is 0 Å². The molecule has 4 heteroatoms. The molecule has 0 bridgehead atoms. The van der Waals surface area contributed by atoms with E-state index in [2.05, 4.69) is 5.32 Å². The van der Waals surface area contributed by atoms with Crippen LogP contribution in [0, 0.1) is 11.3 Å². The lowest BCUT2D eigenvalue weighted by atomic mass is 9.91. The highest BCUT2D eigenvalue weighted by Crippen LogP contribution is 2.22. The molecule has 16 heavy (non-hydrogen) atoms. The molecule has 0 aliphatic carbocycles. The largest absolute Gasteiger partial charge is 0.342 e. The Morgan fingerprint density at radius 2 is 1.81 bits per heavy atom. The van der Waals surface area contributed by atoms with Gasteiger partial charge in [0.1, 0.15) is 0 Å². The number of carbonyl (C=O) groups is 1. The van der Waals surface area contributed by atoms with E-state index in [1.807, 2.05) is 32.7 Å². The number of hydrogen-bond donors (Lipinski definition) is 1. The summed E-state index contributed by atoms with van der Waals surface area (Å²) in [7, 11) is 1.99. The summed E-state index contributed by atoms with van der Waals surface area (Å²) in [4.78, 5) is 14.0. The Balaban J connectivity index is 0.00000225. The number of amides is 1. The van der Waals surface area contributed by atoms with Crippen LogP contribution in [-0.2, 0) is 4.79 Å². The summed E-state index contributed by atoms with van der Waals surface area (Å²) < 4.78 is 0. The minimum Gasteiger partial charge on any atom is -0.342 e.